The highest BCUT2D eigenvalue weighted by Crippen LogP contribution is 2.35. The lowest BCUT2D eigenvalue weighted by atomic mass is 10.2. The molecule has 126 valence electrons. The number of nitrogens with one attached hydrogen (secondary N) is 1. The second kappa shape index (κ2) is 10.3. The van der Waals surface area contributed by atoms with E-state index in [9.17, 15) is 0 Å². The van der Waals surface area contributed by atoms with E-state index in [1.54, 1.807) is 0 Å². The minimum Gasteiger partial charge on any atom is -0.487 e. The van der Waals surface area contributed by atoms with Crippen molar-refractivity contribution < 1.29 is 4.74 Å². The minimum atomic E-state index is 0. The summed E-state index contributed by atoms with van der Waals surface area (Å²) in [5.74, 6) is 1.50. The summed E-state index contributed by atoms with van der Waals surface area (Å²) in [6.45, 7) is 6.84. The molecule has 0 aromatic heterocycles. The lowest BCUT2D eigenvalue weighted by Gasteiger charge is -2.13. The van der Waals surface area contributed by atoms with Crippen molar-refractivity contribution in [2.75, 3.05) is 6.54 Å². The van der Waals surface area contributed by atoms with E-state index in [2.05, 4.69) is 75.3 Å². The standard InChI is InChI=1S/C18H21Br2NO.ClH/c1-13(2)10-21-11-15-8-16(19)18(17(20)9-15)22-12-14-6-4-3-5-7-14;/h3-9,13,21H,10-12H2,1-2H3;1H. The van der Waals surface area contributed by atoms with Gasteiger partial charge in [0.05, 0.1) is 8.95 Å². The fourth-order valence-corrected chi connectivity index (χ4v) is 3.60. The van der Waals surface area contributed by atoms with Crippen LogP contribution in [0.15, 0.2) is 51.4 Å². The quantitative estimate of drug-likeness (QED) is 0.547. The normalized spacial score (nSPS) is 10.5. The first-order valence-electron chi connectivity index (χ1n) is 7.41. The molecule has 0 radical (unpaired) electrons. The van der Waals surface area contributed by atoms with Gasteiger partial charge in [0.1, 0.15) is 12.4 Å². The molecule has 0 saturated heterocycles. The molecular weight excluding hydrogens is 441 g/mol. The first-order chi connectivity index (χ1) is 10.6. The molecule has 23 heavy (non-hydrogen) atoms. The SMILES string of the molecule is CC(C)CNCc1cc(Br)c(OCc2ccccc2)c(Br)c1.Cl. The summed E-state index contributed by atoms with van der Waals surface area (Å²) in [4.78, 5) is 0. The Bertz CT molecular complexity index is 582. The lowest BCUT2D eigenvalue weighted by Crippen LogP contribution is -2.19. The summed E-state index contributed by atoms with van der Waals surface area (Å²) in [5, 5.41) is 3.45. The van der Waals surface area contributed by atoms with E-state index in [4.69, 9.17) is 4.74 Å². The molecule has 0 unspecified atom stereocenters. The van der Waals surface area contributed by atoms with Crippen molar-refractivity contribution in [3.8, 4) is 5.75 Å². The Kier molecular flexibility index (Phi) is 9.22. The van der Waals surface area contributed by atoms with Crippen molar-refractivity contribution >= 4 is 44.3 Å². The minimum absolute atomic E-state index is 0. The third kappa shape index (κ3) is 6.84. The number of rotatable bonds is 7. The molecule has 0 amide bonds. The largest absolute Gasteiger partial charge is 0.487 e. The van der Waals surface area contributed by atoms with E-state index in [0.29, 0.717) is 12.5 Å². The fraction of sp³-hybridized carbons (Fsp3) is 0.333. The van der Waals surface area contributed by atoms with Crippen LogP contribution in [0.25, 0.3) is 0 Å². The van der Waals surface area contributed by atoms with Crippen LogP contribution >= 0.6 is 44.3 Å². The number of halogens is 3. The highest BCUT2D eigenvalue weighted by molar-refractivity contribution is 9.11. The summed E-state index contributed by atoms with van der Waals surface area (Å²) in [7, 11) is 0. The van der Waals surface area contributed by atoms with Crippen molar-refractivity contribution in [1.82, 2.24) is 5.32 Å². The van der Waals surface area contributed by atoms with Gasteiger partial charge in [-0.05, 0) is 67.6 Å². The zero-order chi connectivity index (χ0) is 15.9. The topological polar surface area (TPSA) is 21.3 Å². The number of ether oxygens (including phenoxy) is 1. The Hall–Kier alpha value is -0.550. The first-order valence-corrected chi connectivity index (χ1v) is 9.00. The molecule has 0 spiro atoms. The smallest absolute Gasteiger partial charge is 0.148 e. The predicted octanol–water partition coefficient (Wildman–Crippen LogP) is 5.96. The van der Waals surface area contributed by atoms with E-state index in [0.717, 1.165) is 33.3 Å². The molecule has 0 fully saturated rings. The second-order valence-corrected chi connectivity index (χ2v) is 7.40. The van der Waals surface area contributed by atoms with Crippen molar-refractivity contribution in [2.45, 2.75) is 27.0 Å². The molecule has 1 N–H and O–H groups in total. The molecule has 0 aliphatic rings. The van der Waals surface area contributed by atoms with Gasteiger partial charge in [-0.2, -0.15) is 0 Å². The summed E-state index contributed by atoms with van der Waals surface area (Å²) in [6, 6.07) is 14.4. The molecule has 2 nitrogen and oxygen atoms in total. The molecular formula is C18H22Br2ClNO. The number of hydrogen-bond donors (Lipinski definition) is 1. The van der Waals surface area contributed by atoms with Gasteiger partial charge in [-0.25, -0.2) is 0 Å². The third-order valence-electron chi connectivity index (χ3n) is 3.17. The second-order valence-electron chi connectivity index (χ2n) is 5.69. The van der Waals surface area contributed by atoms with Crippen LogP contribution in [0.4, 0.5) is 0 Å². The Morgan fingerprint density at radius 2 is 1.61 bits per heavy atom. The van der Waals surface area contributed by atoms with Gasteiger partial charge in [0, 0.05) is 6.54 Å². The van der Waals surface area contributed by atoms with Gasteiger partial charge in [0.2, 0.25) is 0 Å². The van der Waals surface area contributed by atoms with E-state index < -0.39 is 0 Å². The Labute approximate surface area is 161 Å². The van der Waals surface area contributed by atoms with Crippen LogP contribution in [0, 0.1) is 5.92 Å². The number of benzene rings is 2. The summed E-state index contributed by atoms with van der Waals surface area (Å²) >= 11 is 7.22. The maximum atomic E-state index is 5.94. The van der Waals surface area contributed by atoms with Gasteiger partial charge in [0.15, 0.2) is 0 Å². The lowest BCUT2D eigenvalue weighted by molar-refractivity contribution is 0.302. The molecule has 2 aromatic carbocycles. The van der Waals surface area contributed by atoms with E-state index >= 15 is 0 Å². The maximum Gasteiger partial charge on any atom is 0.148 e. The summed E-state index contributed by atoms with van der Waals surface area (Å²) in [5.41, 5.74) is 2.38. The molecule has 0 aliphatic heterocycles. The van der Waals surface area contributed by atoms with Gasteiger partial charge in [-0.1, -0.05) is 44.2 Å². The highest BCUT2D eigenvalue weighted by Gasteiger charge is 2.09. The van der Waals surface area contributed by atoms with Gasteiger partial charge in [-0.3, -0.25) is 0 Å². The third-order valence-corrected chi connectivity index (χ3v) is 4.34. The average Bonchev–Trinajstić information content (AvgIpc) is 2.47. The van der Waals surface area contributed by atoms with Crippen LogP contribution in [-0.4, -0.2) is 6.54 Å². The molecule has 2 aromatic rings. The first kappa shape index (κ1) is 20.5. The Morgan fingerprint density at radius 1 is 1.00 bits per heavy atom. The Morgan fingerprint density at radius 3 is 2.17 bits per heavy atom. The van der Waals surface area contributed by atoms with Gasteiger partial charge >= 0.3 is 0 Å². The summed E-state index contributed by atoms with van der Waals surface area (Å²) < 4.78 is 7.88. The Balaban J connectivity index is 0.00000264. The van der Waals surface area contributed by atoms with Gasteiger partial charge in [0.25, 0.3) is 0 Å². The fourth-order valence-electron chi connectivity index (χ4n) is 2.09. The van der Waals surface area contributed by atoms with Crippen LogP contribution in [0.3, 0.4) is 0 Å². The zero-order valence-electron chi connectivity index (χ0n) is 13.3. The van der Waals surface area contributed by atoms with Crippen LogP contribution in [-0.2, 0) is 13.2 Å². The maximum absolute atomic E-state index is 5.94. The van der Waals surface area contributed by atoms with E-state index in [1.807, 2.05) is 18.2 Å². The molecule has 0 bridgehead atoms. The highest BCUT2D eigenvalue weighted by atomic mass is 79.9. The predicted molar refractivity (Wildman–Crippen MR) is 106 cm³/mol. The van der Waals surface area contributed by atoms with Crippen molar-refractivity contribution in [2.24, 2.45) is 5.92 Å². The van der Waals surface area contributed by atoms with Crippen molar-refractivity contribution in [3.63, 3.8) is 0 Å². The molecule has 0 aliphatic carbocycles. The monoisotopic (exact) mass is 461 g/mol. The number of hydrogen-bond acceptors (Lipinski definition) is 2. The van der Waals surface area contributed by atoms with Gasteiger partial charge < -0.3 is 10.1 Å². The molecule has 5 heteroatoms. The van der Waals surface area contributed by atoms with Crippen molar-refractivity contribution in [1.29, 1.82) is 0 Å². The molecule has 0 heterocycles. The van der Waals surface area contributed by atoms with E-state index in [-0.39, 0.29) is 12.4 Å². The van der Waals surface area contributed by atoms with Crippen LogP contribution in [0.1, 0.15) is 25.0 Å². The van der Waals surface area contributed by atoms with Gasteiger partial charge in [-0.15, -0.1) is 12.4 Å². The average molecular weight is 464 g/mol. The molecule has 0 atom stereocenters. The zero-order valence-corrected chi connectivity index (χ0v) is 17.3. The van der Waals surface area contributed by atoms with E-state index in [1.165, 1.54) is 5.56 Å². The van der Waals surface area contributed by atoms with Crippen LogP contribution in [0.2, 0.25) is 0 Å². The molecule has 2 rings (SSSR count). The molecule has 0 saturated carbocycles. The van der Waals surface area contributed by atoms with Crippen LogP contribution < -0.4 is 10.1 Å². The van der Waals surface area contributed by atoms with Crippen molar-refractivity contribution in [3.05, 3.63) is 62.5 Å². The van der Waals surface area contributed by atoms with Crippen LogP contribution in [0.5, 0.6) is 5.75 Å². The summed E-state index contributed by atoms with van der Waals surface area (Å²) in [6.07, 6.45) is 0.